The lowest BCUT2D eigenvalue weighted by Crippen LogP contribution is -2.01. The number of benzene rings is 2. The van der Waals surface area contributed by atoms with Gasteiger partial charge >= 0.3 is 0 Å². The van der Waals surface area contributed by atoms with Crippen LogP contribution in [0.1, 0.15) is 11.1 Å². The van der Waals surface area contributed by atoms with Crippen molar-refractivity contribution in [2.75, 3.05) is 5.32 Å². The Bertz CT molecular complexity index is 718. The Morgan fingerprint density at radius 1 is 1.14 bits per heavy atom. The first-order chi connectivity index (χ1) is 10.2. The summed E-state index contributed by atoms with van der Waals surface area (Å²) in [5.41, 5.74) is 4.11. The summed E-state index contributed by atoms with van der Waals surface area (Å²) in [5.74, 6) is -0.206. The van der Waals surface area contributed by atoms with Crippen LogP contribution in [0.5, 0.6) is 0 Å². The Kier molecular flexibility index (Phi) is 3.69. The molecule has 0 spiro atoms. The Morgan fingerprint density at radius 3 is 2.62 bits per heavy atom. The molecule has 0 aliphatic heterocycles. The van der Waals surface area contributed by atoms with Crippen molar-refractivity contribution in [3.8, 4) is 5.69 Å². The molecule has 0 fully saturated rings. The maximum Gasteiger partial charge on any atom is 0.123 e. The Labute approximate surface area is 123 Å². The molecule has 3 rings (SSSR count). The fraction of sp³-hybridized carbons (Fsp3) is 0.118. The number of aromatic nitrogens is 2. The van der Waals surface area contributed by atoms with E-state index in [0.717, 1.165) is 16.9 Å². The second-order valence-corrected chi connectivity index (χ2v) is 4.95. The van der Waals surface area contributed by atoms with Crippen molar-refractivity contribution in [3.05, 3.63) is 78.1 Å². The molecule has 21 heavy (non-hydrogen) atoms. The minimum Gasteiger partial charge on any atom is -0.381 e. The van der Waals surface area contributed by atoms with E-state index in [1.165, 1.54) is 17.7 Å². The van der Waals surface area contributed by atoms with Gasteiger partial charge in [0.25, 0.3) is 0 Å². The van der Waals surface area contributed by atoms with Gasteiger partial charge in [-0.15, -0.1) is 0 Å². The topological polar surface area (TPSA) is 29.9 Å². The van der Waals surface area contributed by atoms with Gasteiger partial charge in [0.2, 0.25) is 0 Å². The molecular weight excluding hydrogens is 265 g/mol. The number of hydrogen-bond donors (Lipinski definition) is 1. The molecule has 0 amide bonds. The fourth-order valence-corrected chi connectivity index (χ4v) is 2.22. The highest BCUT2D eigenvalue weighted by molar-refractivity contribution is 5.51. The summed E-state index contributed by atoms with van der Waals surface area (Å²) < 4.78 is 15.0. The monoisotopic (exact) mass is 281 g/mol. The van der Waals surface area contributed by atoms with Gasteiger partial charge in [-0.05, 0) is 48.4 Å². The van der Waals surface area contributed by atoms with Gasteiger partial charge in [-0.25, -0.2) is 9.37 Å². The zero-order valence-corrected chi connectivity index (χ0v) is 11.8. The predicted molar refractivity (Wildman–Crippen MR) is 82.0 cm³/mol. The van der Waals surface area contributed by atoms with E-state index >= 15 is 0 Å². The van der Waals surface area contributed by atoms with Gasteiger partial charge in [0.15, 0.2) is 0 Å². The normalized spacial score (nSPS) is 10.6. The highest BCUT2D eigenvalue weighted by atomic mass is 19.1. The molecule has 4 heteroatoms. The molecular formula is C17H16FN3. The molecule has 0 atom stereocenters. The summed E-state index contributed by atoms with van der Waals surface area (Å²) in [6, 6.07) is 13.0. The van der Waals surface area contributed by atoms with Crippen molar-refractivity contribution in [1.82, 2.24) is 9.55 Å². The van der Waals surface area contributed by atoms with E-state index in [4.69, 9.17) is 0 Å². The molecule has 0 bridgehead atoms. The number of halogens is 1. The Balaban J connectivity index is 1.68. The number of imidazole rings is 1. The second-order valence-electron chi connectivity index (χ2n) is 4.95. The summed E-state index contributed by atoms with van der Waals surface area (Å²) in [6.45, 7) is 2.60. The van der Waals surface area contributed by atoms with Crippen LogP contribution in [0.25, 0.3) is 5.69 Å². The number of hydrogen-bond acceptors (Lipinski definition) is 2. The van der Waals surface area contributed by atoms with E-state index in [1.54, 1.807) is 18.6 Å². The van der Waals surface area contributed by atoms with Crippen molar-refractivity contribution in [2.24, 2.45) is 0 Å². The summed E-state index contributed by atoms with van der Waals surface area (Å²) in [6.07, 6.45) is 5.44. The van der Waals surface area contributed by atoms with Crippen LogP contribution in [-0.2, 0) is 6.54 Å². The maximum absolute atomic E-state index is 13.1. The minimum atomic E-state index is -0.206. The average Bonchev–Trinajstić information content (AvgIpc) is 3.01. The van der Waals surface area contributed by atoms with E-state index in [9.17, 15) is 4.39 Å². The van der Waals surface area contributed by atoms with Gasteiger partial charge in [-0.1, -0.05) is 12.1 Å². The molecule has 0 aliphatic rings. The molecule has 106 valence electrons. The van der Waals surface area contributed by atoms with Crippen LogP contribution in [0.3, 0.4) is 0 Å². The number of nitrogens with one attached hydrogen (secondary N) is 1. The van der Waals surface area contributed by atoms with E-state index in [-0.39, 0.29) is 5.82 Å². The standard InChI is InChI=1S/C17H16FN3/c1-13-10-15(18)4-7-17(13)20-11-14-2-5-16(6-3-14)21-9-8-19-12-21/h2-10,12,20H,11H2,1H3. The lowest BCUT2D eigenvalue weighted by Gasteiger charge is -2.10. The van der Waals surface area contributed by atoms with Crippen molar-refractivity contribution in [3.63, 3.8) is 0 Å². The number of anilines is 1. The van der Waals surface area contributed by atoms with Crippen LogP contribution >= 0.6 is 0 Å². The van der Waals surface area contributed by atoms with Crippen LogP contribution in [0, 0.1) is 12.7 Å². The van der Waals surface area contributed by atoms with Crippen molar-refractivity contribution in [2.45, 2.75) is 13.5 Å². The molecule has 2 aromatic carbocycles. The lowest BCUT2D eigenvalue weighted by molar-refractivity contribution is 0.627. The van der Waals surface area contributed by atoms with Gasteiger partial charge in [-0.3, -0.25) is 0 Å². The number of nitrogens with zero attached hydrogens (tertiary/aromatic N) is 2. The smallest absolute Gasteiger partial charge is 0.123 e. The van der Waals surface area contributed by atoms with Gasteiger partial charge in [-0.2, -0.15) is 0 Å². The SMILES string of the molecule is Cc1cc(F)ccc1NCc1ccc(-n2ccnc2)cc1. The molecule has 0 unspecified atom stereocenters. The lowest BCUT2D eigenvalue weighted by atomic mass is 10.1. The predicted octanol–water partition coefficient (Wildman–Crippen LogP) is 3.93. The number of aryl methyl sites for hydroxylation is 1. The Hall–Kier alpha value is -2.62. The van der Waals surface area contributed by atoms with Crippen molar-refractivity contribution in [1.29, 1.82) is 0 Å². The first-order valence-corrected chi connectivity index (χ1v) is 6.80. The summed E-state index contributed by atoms with van der Waals surface area (Å²) in [7, 11) is 0. The zero-order chi connectivity index (χ0) is 14.7. The van der Waals surface area contributed by atoms with E-state index in [2.05, 4.69) is 34.6 Å². The third-order valence-corrected chi connectivity index (χ3v) is 3.41. The van der Waals surface area contributed by atoms with Gasteiger partial charge in [0.05, 0.1) is 6.33 Å². The molecule has 3 nitrogen and oxygen atoms in total. The van der Waals surface area contributed by atoms with Crippen molar-refractivity contribution < 1.29 is 4.39 Å². The van der Waals surface area contributed by atoms with Crippen LogP contribution in [0.2, 0.25) is 0 Å². The van der Waals surface area contributed by atoms with E-state index < -0.39 is 0 Å². The molecule has 1 heterocycles. The highest BCUT2D eigenvalue weighted by Gasteiger charge is 2.01. The summed E-state index contributed by atoms with van der Waals surface area (Å²) in [4.78, 5) is 4.03. The average molecular weight is 281 g/mol. The Morgan fingerprint density at radius 2 is 1.95 bits per heavy atom. The van der Waals surface area contributed by atoms with Crippen LogP contribution in [-0.4, -0.2) is 9.55 Å². The van der Waals surface area contributed by atoms with Crippen LogP contribution in [0.4, 0.5) is 10.1 Å². The van der Waals surface area contributed by atoms with E-state index in [1.807, 2.05) is 17.7 Å². The van der Waals surface area contributed by atoms with Crippen LogP contribution in [0.15, 0.2) is 61.2 Å². The minimum absolute atomic E-state index is 0.206. The van der Waals surface area contributed by atoms with Crippen molar-refractivity contribution >= 4 is 5.69 Å². The molecule has 3 aromatic rings. The van der Waals surface area contributed by atoms with Gasteiger partial charge < -0.3 is 9.88 Å². The first kappa shape index (κ1) is 13.4. The fourth-order valence-electron chi connectivity index (χ4n) is 2.22. The molecule has 0 aliphatic carbocycles. The molecule has 1 N–H and O–H groups in total. The van der Waals surface area contributed by atoms with Gasteiger partial charge in [0.1, 0.15) is 5.82 Å². The molecule has 0 saturated heterocycles. The maximum atomic E-state index is 13.1. The van der Waals surface area contributed by atoms with Crippen LogP contribution < -0.4 is 5.32 Å². The third kappa shape index (κ3) is 3.11. The zero-order valence-electron chi connectivity index (χ0n) is 11.8. The molecule has 0 radical (unpaired) electrons. The van der Waals surface area contributed by atoms with Gasteiger partial charge in [0, 0.05) is 30.3 Å². The first-order valence-electron chi connectivity index (χ1n) is 6.80. The summed E-state index contributed by atoms with van der Waals surface area (Å²) in [5, 5.41) is 3.32. The summed E-state index contributed by atoms with van der Waals surface area (Å²) >= 11 is 0. The van der Waals surface area contributed by atoms with E-state index in [0.29, 0.717) is 6.54 Å². The molecule has 0 saturated carbocycles. The third-order valence-electron chi connectivity index (χ3n) is 3.41. The number of rotatable bonds is 4. The quantitative estimate of drug-likeness (QED) is 0.785. The largest absolute Gasteiger partial charge is 0.381 e. The highest BCUT2D eigenvalue weighted by Crippen LogP contribution is 2.17. The molecule has 1 aromatic heterocycles. The second kappa shape index (κ2) is 5.79.